The highest BCUT2D eigenvalue weighted by atomic mass is 16.5. The average Bonchev–Trinajstić information content (AvgIpc) is 2.59. The molecule has 26 heavy (non-hydrogen) atoms. The standard InChI is InChI=1S/C21H23NO4/c1-13(2)19(22-20(24)18-8-6-5-7-14(18)3)21(25)26-17-11-9-16(10-12-17)15(4)23/h5-13,19H,1-4H3,(H,22,24)/t19-/m0/s1. The molecule has 0 saturated heterocycles. The summed E-state index contributed by atoms with van der Waals surface area (Å²) >= 11 is 0. The predicted molar refractivity (Wildman–Crippen MR) is 99.4 cm³/mol. The quantitative estimate of drug-likeness (QED) is 0.490. The molecule has 0 unspecified atom stereocenters. The van der Waals surface area contributed by atoms with Crippen molar-refractivity contribution in [3.05, 3.63) is 65.2 Å². The zero-order valence-corrected chi connectivity index (χ0v) is 15.4. The fraction of sp³-hybridized carbons (Fsp3) is 0.286. The second-order valence-electron chi connectivity index (χ2n) is 6.51. The Kier molecular flexibility index (Phi) is 6.28. The molecule has 0 aliphatic rings. The van der Waals surface area contributed by atoms with Crippen LogP contribution in [-0.2, 0) is 4.79 Å². The molecular formula is C21H23NO4. The molecule has 0 aliphatic carbocycles. The maximum Gasteiger partial charge on any atom is 0.334 e. The van der Waals surface area contributed by atoms with E-state index in [9.17, 15) is 14.4 Å². The van der Waals surface area contributed by atoms with Crippen LogP contribution in [0.2, 0.25) is 0 Å². The lowest BCUT2D eigenvalue weighted by atomic mass is 10.0. The summed E-state index contributed by atoms with van der Waals surface area (Å²) in [5.74, 6) is -0.737. The van der Waals surface area contributed by atoms with E-state index in [4.69, 9.17) is 4.74 Å². The molecule has 0 bridgehead atoms. The summed E-state index contributed by atoms with van der Waals surface area (Å²) in [7, 11) is 0. The van der Waals surface area contributed by atoms with Gasteiger partial charge in [0.15, 0.2) is 5.78 Å². The molecule has 1 N–H and O–H groups in total. The van der Waals surface area contributed by atoms with Crippen LogP contribution in [0.4, 0.5) is 0 Å². The van der Waals surface area contributed by atoms with Crippen molar-refractivity contribution in [1.82, 2.24) is 5.32 Å². The second-order valence-corrected chi connectivity index (χ2v) is 6.51. The van der Waals surface area contributed by atoms with Gasteiger partial charge < -0.3 is 10.1 Å². The Morgan fingerprint density at radius 1 is 0.962 bits per heavy atom. The summed E-state index contributed by atoms with van der Waals surface area (Å²) in [4.78, 5) is 36.3. The van der Waals surface area contributed by atoms with Gasteiger partial charge in [-0.25, -0.2) is 4.79 Å². The summed E-state index contributed by atoms with van der Waals surface area (Å²) in [5, 5.41) is 2.76. The van der Waals surface area contributed by atoms with Crippen LogP contribution in [0.15, 0.2) is 48.5 Å². The van der Waals surface area contributed by atoms with E-state index in [-0.39, 0.29) is 17.6 Å². The normalized spacial score (nSPS) is 11.7. The average molecular weight is 353 g/mol. The molecule has 1 atom stereocenters. The lowest BCUT2D eigenvalue weighted by molar-refractivity contribution is -0.137. The lowest BCUT2D eigenvalue weighted by Gasteiger charge is -2.21. The lowest BCUT2D eigenvalue weighted by Crippen LogP contribution is -2.46. The van der Waals surface area contributed by atoms with Crippen molar-refractivity contribution < 1.29 is 19.1 Å². The van der Waals surface area contributed by atoms with Crippen LogP contribution in [0.25, 0.3) is 0 Å². The topological polar surface area (TPSA) is 72.5 Å². The van der Waals surface area contributed by atoms with Crippen molar-refractivity contribution in [3.63, 3.8) is 0 Å². The van der Waals surface area contributed by atoms with Crippen LogP contribution >= 0.6 is 0 Å². The molecule has 2 rings (SSSR count). The van der Waals surface area contributed by atoms with E-state index in [0.29, 0.717) is 16.9 Å². The Hall–Kier alpha value is -2.95. The second kappa shape index (κ2) is 8.43. The molecule has 0 heterocycles. The molecule has 5 heteroatoms. The summed E-state index contributed by atoms with van der Waals surface area (Å²) in [6.45, 7) is 6.98. The SMILES string of the molecule is CC(=O)c1ccc(OC(=O)[C@@H](NC(=O)c2ccccc2C)C(C)C)cc1. The minimum atomic E-state index is -0.783. The van der Waals surface area contributed by atoms with Crippen molar-refractivity contribution in [1.29, 1.82) is 0 Å². The summed E-state index contributed by atoms with van der Waals surface area (Å²) in [6, 6.07) is 12.7. The van der Waals surface area contributed by atoms with Gasteiger partial charge in [0.2, 0.25) is 0 Å². The number of benzene rings is 2. The van der Waals surface area contributed by atoms with E-state index in [1.165, 1.54) is 6.92 Å². The summed E-state index contributed by atoms with van der Waals surface area (Å²) in [6.07, 6.45) is 0. The molecule has 2 aromatic rings. The monoisotopic (exact) mass is 353 g/mol. The van der Waals surface area contributed by atoms with E-state index in [1.807, 2.05) is 32.9 Å². The fourth-order valence-corrected chi connectivity index (χ4v) is 2.48. The maximum atomic E-state index is 12.5. The number of carbonyl (C=O) groups excluding carboxylic acids is 3. The molecular weight excluding hydrogens is 330 g/mol. The molecule has 0 aromatic heterocycles. The number of ketones is 1. The van der Waals surface area contributed by atoms with Gasteiger partial charge in [0.25, 0.3) is 5.91 Å². The first kappa shape index (κ1) is 19.4. The molecule has 2 aromatic carbocycles. The number of hydrogen-bond acceptors (Lipinski definition) is 4. The third kappa shape index (κ3) is 4.79. The van der Waals surface area contributed by atoms with Crippen molar-refractivity contribution >= 4 is 17.7 Å². The number of ether oxygens (including phenoxy) is 1. The van der Waals surface area contributed by atoms with Crippen molar-refractivity contribution in [2.45, 2.75) is 33.7 Å². The minimum Gasteiger partial charge on any atom is -0.425 e. The minimum absolute atomic E-state index is 0.0616. The van der Waals surface area contributed by atoms with Gasteiger partial charge in [0, 0.05) is 11.1 Å². The van der Waals surface area contributed by atoms with Crippen LogP contribution in [0.5, 0.6) is 5.75 Å². The summed E-state index contributed by atoms with van der Waals surface area (Å²) in [5.41, 5.74) is 1.90. The van der Waals surface area contributed by atoms with Crippen LogP contribution < -0.4 is 10.1 Å². The highest BCUT2D eigenvalue weighted by Crippen LogP contribution is 2.16. The van der Waals surface area contributed by atoms with Gasteiger partial charge in [-0.2, -0.15) is 0 Å². The Balaban J connectivity index is 2.11. The van der Waals surface area contributed by atoms with E-state index in [2.05, 4.69) is 5.32 Å². The van der Waals surface area contributed by atoms with Gasteiger partial charge in [0.05, 0.1) is 0 Å². The first-order chi connectivity index (χ1) is 12.3. The molecule has 0 spiro atoms. The number of Topliss-reactive ketones (excluding diaryl/α,β-unsaturated/α-hetero) is 1. The van der Waals surface area contributed by atoms with Gasteiger partial charge in [-0.1, -0.05) is 32.0 Å². The van der Waals surface area contributed by atoms with Crippen molar-refractivity contribution in [3.8, 4) is 5.75 Å². The molecule has 5 nitrogen and oxygen atoms in total. The molecule has 0 aliphatic heterocycles. The van der Waals surface area contributed by atoms with E-state index < -0.39 is 12.0 Å². The van der Waals surface area contributed by atoms with E-state index in [1.54, 1.807) is 36.4 Å². The zero-order chi connectivity index (χ0) is 19.3. The van der Waals surface area contributed by atoms with E-state index in [0.717, 1.165) is 5.56 Å². The molecule has 0 radical (unpaired) electrons. The Morgan fingerprint density at radius 2 is 1.58 bits per heavy atom. The fourth-order valence-electron chi connectivity index (χ4n) is 2.48. The molecule has 136 valence electrons. The molecule has 1 amide bonds. The van der Waals surface area contributed by atoms with Gasteiger partial charge >= 0.3 is 5.97 Å². The largest absolute Gasteiger partial charge is 0.425 e. The number of esters is 1. The van der Waals surface area contributed by atoms with Gasteiger partial charge in [-0.3, -0.25) is 9.59 Å². The van der Waals surface area contributed by atoms with Gasteiger partial charge in [-0.05, 0) is 55.7 Å². The smallest absolute Gasteiger partial charge is 0.334 e. The van der Waals surface area contributed by atoms with Crippen molar-refractivity contribution in [2.24, 2.45) is 5.92 Å². The Labute approximate surface area is 153 Å². The molecule has 0 saturated carbocycles. The van der Waals surface area contributed by atoms with E-state index >= 15 is 0 Å². The zero-order valence-electron chi connectivity index (χ0n) is 15.4. The third-order valence-corrected chi connectivity index (χ3v) is 4.08. The number of aryl methyl sites for hydroxylation is 1. The summed E-state index contributed by atoms with van der Waals surface area (Å²) < 4.78 is 5.37. The van der Waals surface area contributed by atoms with Crippen LogP contribution in [0, 0.1) is 12.8 Å². The van der Waals surface area contributed by atoms with Crippen molar-refractivity contribution in [2.75, 3.05) is 0 Å². The number of carbonyl (C=O) groups is 3. The highest BCUT2D eigenvalue weighted by Gasteiger charge is 2.27. The number of nitrogens with one attached hydrogen (secondary N) is 1. The number of hydrogen-bond donors (Lipinski definition) is 1. The highest BCUT2D eigenvalue weighted by molar-refractivity contribution is 5.98. The van der Waals surface area contributed by atoms with Crippen LogP contribution in [0.1, 0.15) is 47.1 Å². The Bertz CT molecular complexity index is 809. The Morgan fingerprint density at radius 3 is 2.12 bits per heavy atom. The molecule has 0 fully saturated rings. The van der Waals surface area contributed by atoms with Gasteiger partial charge in [0.1, 0.15) is 11.8 Å². The first-order valence-corrected chi connectivity index (χ1v) is 8.48. The maximum absolute atomic E-state index is 12.5. The van der Waals surface area contributed by atoms with Crippen LogP contribution in [-0.4, -0.2) is 23.7 Å². The third-order valence-electron chi connectivity index (χ3n) is 4.08. The van der Waals surface area contributed by atoms with Gasteiger partial charge in [-0.15, -0.1) is 0 Å². The number of rotatable bonds is 6. The predicted octanol–water partition coefficient (Wildman–Crippen LogP) is 3.56. The number of amides is 1. The van der Waals surface area contributed by atoms with Crippen LogP contribution in [0.3, 0.4) is 0 Å². The first-order valence-electron chi connectivity index (χ1n) is 8.48.